The Labute approximate surface area is 273 Å². The molecule has 0 aliphatic rings. The average Bonchev–Trinajstić information content (AvgIpc) is 3.02. The van der Waals surface area contributed by atoms with E-state index in [4.69, 9.17) is 19.1 Å². The first-order valence-electron chi connectivity index (χ1n) is 17.6. The molecule has 0 rings (SSSR count). The van der Waals surface area contributed by atoms with Gasteiger partial charge in [0, 0.05) is 12.8 Å². The molecule has 0 saturated heterocycles. The molecule has 3 N–H and O–H groups in total. The van der Waals surface area contributed by atoms with Gasteiger partial charge in [0.1, 0.15) is 12.7 Å². The summed E-state index contributed by atoms with van der Waals surface area (Å²) in [5, 5.41) is 18.2. The van der Waals surface area contributed by atoms with Gasteiger partial charge in [-0.05, 0) is 38.5 Å². The predicted octanol–water partition coefficient (Wildman–Crippen LogP) is 8.11. The fourth-order valence-corrected chi connectivity index (χ4v) is 5.42. The highest BCUT2D eigenvalue weighted by atomic mass is 31.2. The van der Waals surface area contributed by atoms with Crippen LogP contribution in [0.25, 0.3) is 0 Å². The summed E-state index contributed by atoms with van der Waals surface area (Å²) in [5.41, 5.74) is 0. The fourth-order valence-electron chi connectivity index (χ4n) is 4.63. The molecule has 0 bridgehead atoms. The molecule has 0 aromatic rings. The number of hydrogen-bond donors (Lipinski definition) is 3. The molecule has 3 atom stereocenters. The van der Waals surface area contributed by atoms with Crippen LogP contribution in [0.4, 0.5) is 0 Å². The lowest BCUT2D eigenvalue weighted by Crippen LogP contribution is -2.29. The Kier molecular flexibility index (Phi) is 30.4. The molecule has 0 aromatic carbocycles. The smallest absolute Gasteiger partial charge is 0.462 e. The summed E-state index contributed by atoms with van der Waals surface area (Å²) in [6, 6.07) is 0. The number of carbonyl (C=O) groups is 2. The monoisotopic (exact) mass is 664 g/mol. The molecule has 0 aliphatic carbocycles. The van der Waals surface area contributed by atoms with Crippen LogP contribution in [0.2, 0.25) is 0 Å². The third kappa shape index (κ3) is 31.1. The van der Waals surface area contributed by atoms with Crippen molar-refractivity contribution in [2.45, 2.75) is 167 Å². The summed E-state index contributed by atoms with van der Waals surface area (Å²) in [4.78, 5) is 34.6. The van der Waals surface area contributed by atoms with Crippen molar-refractivity contribution < 1.29 is 47.8 Å². The van der Waals surface area contributed by atoms with Crippen molar-refractivity contribution in [2.75, 3.05) is 26.4 Å². The molecule has 10 nitrogen and oxygen atoms in total. The summed E-state index contributed by atoms with van der Waals surface area (Å²) in [6.07, 6.45) is 24.9. The Balaban J connectivity index is 4.37. The highest BCUT2D eigenvalue weighted by Crippen LogP contribution is 2.43. The minimum absolute atomic E-state index is 0.185. The van der Waals surface area contributed by atoms with E-state index in [-0.39, 0.29) is 19.4 Å². The number of aliphatic hydroxyl groups excluding tert-OH is 2. The normalized spacial score (nSPS) is 14.3. The van der Waals surface area contributed by atoms with Gasteiger partial charge >= 0.3 is 19.8 Å². The molecule has 0 amide bonds. The second kappa shape index (κ2) is 31.3. The highest BCUT2D eigenvalue weighted by Gasteiger charge is 2.27. The first-order chi connectivity index (χ1) is 21.7. The van der Waals surface area contributed by atoms with Gasteiger partial charge in [-0.3, -0.25) is 18.6 Å². The molecule has 0 spiro atoms. The summed E-state index contributed by atoms with van der Waals surface area (Å²) in [7, 11) is -4.60. The number of allylic oxidation sites excluding steroid dienone is 2. The maximum atomic E-state index is 12.4. The van der Waals surface area contributed by atoms with Crippen LogP contribution in [0.5, 0.6) is 0 Å². The van der Waals surface area contributed by atoms with Crippen molar-refractivity contribution >= 4 is 19.8 Å². The quantitative estimate of drug-likeness (QED) is 0.0272. The van der Waals surface area contributed by atoms with Gasteiger partial charge in [0.15, 0.2) is 6.10 Å². The van der Waals surface area contributed by atoms with Crippen molar-refractivity contribution in [3.63, 3.8) is 0 Å². The maximum Gasteiger partial charge on any atom is 0.472 e. The highest BCUT2D eigenvalue weighted by molar-refractivity contribution is 7.47. The molecule has 11 heteroatoms. The van der Waals surface area contributed by atoms with E-state index in [0.717, 1.165) is 51.4 Å². The molecule has 0 radical (unpaired) electrons. The molecule has 0 aromatic heterocycles. The van der Waals surface area contributed by atoms with Crippen LogP contribution >= 0.6 is 7.82 Å². The Hall–Kier alpha value is -1.29. The summed E-state index contributed by atoms with van der Waals surface area (Å²) >= 11 is 0. The average molecular weight is 665 g/mol. The van der Waals surface area contributed by atoms with Crippen molar-refractivity contribution in [1.29, 1.82) is 0 Å². The van der Waals surface area contributed by atoms with Crippen LogP contribution in [0, 0.1) is 0 Å². The van der Waals surface area contributed by atoms with Gasteiger partial charge < -0.3 is 24.6 Å². The fraction of sp³-hybridized carbons (Fsp3) is 0.882. The van der Waals surface area contributed by atoms with E-state index in [1.54, 1.807) is 0 Å². The largest absolute Gasteiger partial charge is 0.472 e. The number of esters is 2. The van der Waals surface area contributed by atoms with Gasteiger partial charge in [0.2, 0.25) is 0 Å². The number of aliphatic hydroxyl groups is 2. The molecule has 266 valence electrons. The first-order valence-corrected chi connectivity index (χ1v) is 19.1. The Morgan fingerprint density at radius 3 is 1.60 bits per heavy atom. The van der Waals surface area contributed by atoms with Gasteiger partial charge in [-0.2, -0.15) is 0 Å². The summed E-state index contributed by atoms with van der Waals surface area (Å²) in [5.74, 6) is -0.938. The summed E-state index contributed by atoms with van der Waals surface area (Å²) < 4.78 is 32.4. The minimum atomic E-state index is -4.60. The van der Waals surface area contributed by atoms with Crippen LogP contribution in [0.1, 0.15) is 155 Å². The van der Waals surface area contributed by atoms with Crippen LogP contribution < -0.4 is 0 Å². The zero-order valence-electron chi connectivity index (χ0n) is 28.3. The number of phosphoric ester groups is 1. The molecule has 1 unspecified atom stereocenters. The first kappa shape index (κ1) is 43.7. The van der Waals surface area contributed by atoms with E-state index in [0.29, 0.717) is 12.8 Å². The van der Waals surface area contributed by atoms with Gasteiger partial charge in [-0.15, -0.1) is 0 Å². The molecule has 0 aliphatic heterocycles. The summed E-state index contributed by atoms with van der Waals surface area (Å²) in [6.45, 7) is 2.30. The number of phosphoric acid groups is 1. The topological polar surface area (TPSA) is 149 Å². The second-order valence-corrected chi connectivity index (χ2v) is 13.4. The van der Waals surface area contributed by atoms with Crippen molar-refractivity contribution in [2.24, 2.45) is 0 Å². The zero-order valence-corrected chi connectivity index (χ0v) is 29.2. The van der Waals surface area contributed by atoms with Crippen molar-refractivity contribution in [3.8, 4) is 0 Å². The van der Waals surface area contributed by atoms with Crippen molar-refractivity contribution in [3.05, 3.63) is 12.2 Å². The predicted molar refractivity (Wildman–Crippen MR) is 178 cm³/mol. The van der Waals surface area contributed by atoms with E-state index in [9.17, 15) is 24.2 Å². The third-order valence-corrected chi connectivity index (χ3v) is 8.37. The van der Waals surface area contributed by atoms with E-state index in [2.05, 4.69) is 30.5 Å². The van der Waals surface area contributed by atoms with Gasteiger partial charge in [0.25, 0.3) is 0 Å². The van der Waals surface area contributed by atoms with Crippen LogP contribution in [0.15, 0.2) is 12.2 Å². The van der Waals surface area contributed by atoms with Gasteiger partial charge in [-0.25, -0.2) is 4.57 Å². The van der Waals surface area contributed by atoms with Crippen LogP contribution in [-0.2, 0) is 32.7 Å². The number of ether oxygens (including phenoxy) is 2. The minimum Gasteiger partial charge on any atom is -0.462 e. The number of unbranched alkanes of at least 4 members (excludes halogenated alkanes) is 17. The Morgan fingerprint density at radius 1 is 0.644 bits per heavy atom. The zero-order chi connectivity index (χ0) is 33.4. The lowest BCUT2D eigenvalue weighted by molar-refractivity contribution is -0.161. The Morgan fingerprint density at radius 2 is 1.09 bits per heavy atom. The van der Waals surface area contributed by atoms with Gasteiger partial charge in [0.05, 0.1) is 19.8 Å². The number of carbonyl (C=O) groups excluding carboxylic acids is 2. The van der Waals surface area contributed by atoms with E-state index in [1.807, 2.05) is 0 Å². The molecule has 0 heterocycles. The molecule has 0 saturated carbocycles. The Bertz CT molecular complexity index is 776. The van der Waals surface area contributed by atoms with Crippen LogP contribution in [-0.4, -0.2) is 65.7 Å². The lowest BCUT2D eigenvalue weighted by Gasteiger charge is -2.20. The molecular formula is C34H65O10P. The van der Waals surface area contributed by atoms with Gasteiger partial charge in [-0.1, -0.05) is 116 Å². The molecular weight excluding hydrogens is 599 g/mol. The third-order valence-electron chi connectivity index (χ3n) is 7.42. The maximum absolute atomic E-state index is 12.4. The SMILES string of the molecule is CCCCCCC/C=C/CCCCCCCC(=O)OC[C@@H](COP(=O)(O)OC[C@H](O)CO)OC(=O)CCCCCCCCCC. The standard InChI is InChI=1S/C34H65O10P/c1-3-5-7-9-11-13-14-15-16-17-18-20-21-23-25-33(37)41-29-32(30-43-45(39,40)42-28-31(36)27-35)44-34(38)26-24-22-19-12-10-8-6-4-2/h14-15,31-32,35-36H,3-13,16-30H2,1-2H3,(H,39,40)/b15-14+/t31-,32+/m1/s1. The van der Waals surface area contributed by atoms with Crippen molar-refractivity contribution in [1.82, 2.24) is 0 Å². The van der Waals surface area contributed by atoms with E-state index >= 15 is 0 Å². The number of hydrogen-bond acceptors (Lipinski definition) is 9. The molecule has 45 heavy (non-hydrogen) atoms. The van der Waals surface area contributed by atoms with E-state index < -0.39 is 51.8 Å². The van der Waals surface area contributed by atoms with Crippen LogP contribution in [0.3, 0.4) is 0 Å². The lowest BCUT2D eigenvalue weighted by atomic mass is 10.1. The van der Waals surface area contributed by atoms with E-state index in [1.165, 1.54) is 64.2 Å². The number of rotatable bonds is 33. The second-order valence-electron chi connectivity index (χ2n) is 11.9. The molecule has 0 fully saturated rings.